The van der Waals surface area contributed by atoms with Gasteiger partial charge in [0.2, 0.25) is 0 Å². The molecule has 0 saturated heterocycles. The minimum atomic E-state index is -4.27. The maximum absolute atomic E-state index is 11.9. The molecule has 0 N–H and O–H groups in total. The van der Waals surface area contributed by atoms with Crippen molar-refractivity contribution in [3.63, 3.8) is 0 Å². The Morgan fingerprint density at radius 3 is 1.18 bits per heavy atom. The third-order valence-electron chi connectivity index (χ3n) is 3.23. The van der Waals surface area contributed by atoms with Crippen molar-refractivity contribution in [2.45, 2.75) is 9.79 Å². The minimum absolute atomic E-state index is 0.309. The quantitative estimate of drug-likeness (QED) is 0.245. The highest BCUT2D eigenvalue weighted by atomic mass is 32.2. The second-order valence-electron chi connectivity index (χ2n) is 5.05. The SMILES string of the molecule is O=[N+]([O-])c1ccc(S(=O)(=O)OCCOS(=O)(=O)c2ccc([N+](=O)[O-])cc2)cc1. The molecule has 0 spiro atoms. The summed E-state index contributed by atoms with van der Waals surface area (Å²) in [5, 5.41) is 21.1. The highest BCUT2D eigenvalue weighted by Crippen LogP contribution is 2.19. The fourth-order valence-corrected chi connectivity index (χ4v) is 3.68. The summed E-state index contributed by atoms with van der Waals surface area (Å²) in [6, 6.07) is 7.81. The Hall–Kier alpha value is -2.94. The van der Waals surface area contributed by atoms with E-state index in [0.717, 1.165) is 48.5 Å². The van der Waals surface area contributed by atoms with Gasteiger partial charge in [-0.15, -0.1) is 0 Å². The Morgan fingerprint density at radius 1 is 0.643 bits per heavy atom. The summed E-state index contributed by atoms with van der Waals surface area (Å²) in [4.78, 5) is 19.0. The molecule has 2 aromatic rings. The first-order valence-electron chi connectivity index (χ1n) is 7.31. The normalized spacial score (nSPS) is 11.9. The Kier molecular flexibility index (Phi) is 6.40. The zero-order valence-corrected chi connectivity index (χ0v) is 15.5. The van der Waals surface area contributed by atoms with Gasteiger partial charge in [-0.25, -0.2) is 0 Å². The fraction of sp³-hybridized carbons (Fsp3) is 0.143. The van der Waals surface area contributed by atoms with E-state index >= 15 is 0 Å². The van der Waals surface area contributed by atoms with E-state index in [-0.39, 0.29) is 21.2 Å². The molecule has 0 saturated carbocycles. The van der Waals surface area contributed by atoms with Gasteiger partial charge in [0.25, 0.3) is 31.6 Å². The van der Waals surface area contributed by atoms with Crippen molar-refractivity contribution >= 4 is 31.6 Å². The summed E-state index contributed by atoms with van der Waals surface area (Å²) >= 11 is 0. The van der Waals surface area contributed by atoms with Gasteiger partial charge in [-0.05, 0) is 24.3 Å². The van der Waals surface area contributed by atoms with Crippen LogP contribution in [0.5, 0.6) is 0 Å². The van der Waals surface area contributed by atoms with Crippen LogP contribution in [-0.2, 0) is 28.6 Å². The summed E-state index contributed by atoms with van der Waals surface area (Å²) in [5.74, 6) is 0. The summed E-state index contributed by atoms with van der Waals surface area (Å²) < 4.78 is 57.0. The maximum Gasteiger partial charge on any atom is 0.297 e. The van der Waals surface area contributed by atoms with Crippen molar-refractivity contribution in [1.29, 1.82) is 0 Å². The summed E-state index contributed by atoms with van der Waals surface area (Å²) in [5.41, 5.74) is -0.618. The first kappa shape index (κ1) is 21.4. The molecule has 0 aromatic heterocycles. The van der Waals surface area contributed by atoms with E-state index in [1.807, 2.05) is 0 Å². The van der Waals surface area contributed by atoms with Gasteiger partial charge in [-0.2, -0.15) is 16.8 Å². The molecule has 28 heavy (non-hydrogen) atoms. The molecule has 0 bridgehead atoms. The second kappa shape index (κ2) is 8.39. The van der Waals surface area contributed by atoms with Gasteiger partial charge >= 0.3 is 0 Å². The van der Waals surface area contributed by atoms with Gasteiger partial charge in [-0.3, -0.25) is 28.6 Å². The van der Waals surface area contributed by atoms with E-state index in [0.29, 0.717) is 0 Å². The Morgan fingerprint density at radius 2 is 0.929 bits per heavy atom. The monoisotopic (exact) mass is 432 g/mol. The van der Waals surface area contributed by atoms with E-state index in [4.69, 9.17) is 0 Å². The molecule has 0 atom stereocenters. The molecule has 0 aliphatic heterocycles. The third-order valence-corrected chi connectivity index (χ3v) is 5.89. The Labute approximate surface area is 158 Å². The van der Waals surface area contributed by atoms with Gasteiger partial charge in [0.1, 0.15) is 0 Å². The number of benzene rings is 2. The smallest absolute Gasteiger partial charge is 0.264 e. The number of hydrogen-bond acceptors (Lipinski definition) is 10. The predicted molar refractivity (Wildman–Crippen MR) is 92.5 cm³/mol. The highest BCUT2D eigenvalue weighted by molar-refractivity contribution is 7.87. The molecule has 0 fully saturated rings. The van der Waals surface area contributed by atoms with Gasteiger partial charge in [0, 0.05) is 24.3 Å². The number of non-ortho nitro benzene ring substituents is 2. The molecule has 0 heterocycles. The van der Waals surface area contributed by atoms with E-state index < -0.39 is 43.3 Å². The van der Waals surface area contributed by atoms with E-state index in [9.17, 15) is 37.1 Å². The zero-order chi connectivity index (χ0) is 20.9. The van der Waals surface area contributed by atoms with Gasteiger partial charge < -0.3 is 0 Å². The Bertz CT molecular complexity index is 988. The molecule has 14 heteroatoms. The maximum atomic E-state index is 11.9. The van der Waals surface area contributed by atoms with Crippen molar-refractivity contribution in [2.75, 3.05) is 13.2 Å². The van der Waals surface area contributed by atoms with Crippen LogP contribution >= 0.6 is 0 Å². The third kappa shape index (κ3) is 5.29. The van der Waals surface area contributed by atoms with Crippen LogP contribution in [0, 0.1) is 20.2 Å². The minimum Gasteiger partial charge on any atom is -0.264 e. The van der Waals surface area contributed by atoms with Crippen LogP contribution in [0.3, 0.4) is 0 Å². The first-order chi connectivity index (χ1) is 13.0. The van der Waals surface area contributed by atoms with Crippen molar-refractivity contribution in [1.82, 2.24) is 0 Å². The van der Waals surface area contributed by atoms with Crippen molar-refractivity contribution in [3.8, 4) is 0 Å². The van der Waals surface area contributed by atoms with Crippen LogP contribution in [-0.4, -0.2) is 39.9 Å². The number of nitrogens with zero attached hydrogens (tertiary/aromatic N) is 2. The summed E-state index contributed by atoms with van der Waals surface area (Å²) in [6.07, 6.45) is 0. The standard InChI is InChI=1S/C14H12N2O10S2/c17-15(18)11-1-5-13(6-2-11)27(21,22)25-9-10-26-28(23,24)14-7-3-12(4-8-14)16(19)20/h1-8H,9-10H2. The van der Waals surface area contributed by atoms with Crippen LogP contribution < -0.4 is 0 Å². The molecule has 150 valence electrons. The van der Waals surface area contributed by atoms with Crippen LogP contribution in [0.15, 0.2) is 58.3 Å². The van der Waals surface area contributed by atoms with Crippen LogP contribution in [0.4, 0.5) is 11.4 Å². The molecule has 0 unspecified atom stereocenters. The first-order valence-corrected chi connectivity index (χ1v) is 10.1. The van der Waals surface area contributed by atoms with Crippen molar-refractivity contribution in [2.24, 2.45) is 0 Å². The molecule has 0 aliphatic carbocycles. The predicted octanol–water partition coefficient (Wildman–Crippen LogP) is 1.61. The van der Waals surface area contributed by atoms with E-state index in [1.54, 1.807) is 0 Å². The number of nitro groups is 2. The van der Waals surface area contributed by atoms with E-state index in [1.165, 1.54) is 0 Å². The lowest BCUT2D eigenvalue weighted by Crippen LogP contribution is -2.15. The number of rotatable bonds is 9. The molecular weight excluding hydrogens is 420 g/mol. The van der Waals surface area contributed by atoms with Crippen LogP contribution in [0.2, 0.25) is 0 Å². The molecule has 0 aliphatic rings. The van der Waals surface area contributed by atoms with Crippen LogP contribution in [0.25, 0.3) is 0 Å². The molecule has 0 amide bonds. The average molecular weight is 432 g/mol. The van der Waals surface area contributed by atoms with Gasteiger partial charge in [-0.1, -0.05) is 0 Å². The lowest BCUT2D eigenvalue weighted by Gasteiger charge is -2.07. The summed E-state index contributed by atoms with van der Waals surface area (Å²) in [7, 11) is -8.55. The fourth-order valence-electron chi connectivity index (χ4n) is 1.89. The topological polar surface area (TPSA) is 173 Å². The van der Waals surface area contributed by atoms with Crippen molar-refractivity contribution < 1.29 is 35.0 Å². The van der Waals surface area contributed by atoms with Crippen LogP contribution in [0.1, 0.15) is 0 Å². The number of hydrogen-bond donors (Lipinski definition) is 0. The molecular formula is C14H12N2O10S2. The molecule has 12 nitrogen and oxygen atoms in total. The molecule has 2 aromatic carbocycles. The average Bonchev–Trinajstić information content (AvgIpc) is 2.65. The van der Waals surface area contributed by atoms with Crippen molar-refractivity contribution in [3.05, 3.63) is 68.8 Å². The zero-order valence-electron chi connectivity index (χ0n) is 13.8. The lowest BCUT2D eigenvalue weighted by molar-refractivity contribution is -0.385. The van der Waals surface area contributed by atoms with Gasteiger partial charge in [0.15, 0.2) is 0 Å². The largest absolute Gasteiger partial charge is 0.297 e. The molecule has 0 radical (unpaired) electrons. The molecule has 2 rings (SSSR count). The van der Waals surface area contributed by atoms with Gasteiger partial charge in [0.05, 0.1) is 32.9 Å². The summed E-state index contributed by atoms with van der Waals surface area (Å²) in [6.45, 7) is -1.29. The lowest BCUT2D eigenvalue weighted by atomic mass is 10.3. The highest BCUT2D eigenvalue weighted by Gasteiger charge is 2.20. The second-order valence-corrected chi connectivity index (χ2v) is 8.28. The Balaban J connectivity index is 1.95. The number of nitro benzene ring substituents is 2. The van der Waals surface area contributed by atoms with E-state index in [2.05, 4.69) is 8.37 Å².